The van der Waals surface area contributed by atoms with Gasteiger partial charge >= 0.3 is 5.97 Å². The maximum absolute atomic E-state index is 11.5. The summed E-state index contributed by atoms with van der Waals surface area (Å²) in [5.41, 5.74) is 3.13. The summed E-state index contributed by atoms with van der Waals surface area (Å²) in [4.78, 5) is 11.5. The average molecular weight is 375 g/mol. The number of carbonyl (C=O) groups excluding carboxylic acids is 1. The van der Waals surface area contributed by atoms with Crippen molar-refractivity contribution in [3.8, 4) is 5.75 Å². The van der Waals surface area contributed by atoms with Crippen molar-refractivity contribution in [1.29, 1.82) is 0 Å². The van der Waals surface area contributed by atoms with Crippen LogP contribution in [0.25, 0.3) is 6.08 Å². The summed E-state index contributed by atoms with van der Waals surface area (Å²) < 4.78 is 11.7. The molecule has 0 bridgehead atoms. The van der Waals surface area contributed by atoms with E-state index < -0.39 is 0 Å². The second-order valence-electron chi connectivity index (χ2n) is 5.04. The van der Waals surface area contributed by atoms with Crippen molar-refractivity contribution in [1.82, 2.24) is 0 Å². The van der Waals surface area contributed by atoms with Crippen LogP contribution >= 0.6 is 15.9 Å². The highest BCUT2D eigenvalue weighted by Crippen LogP contribution is 2.25. The fourth-order valence-corrected chi connectivity index (χ4v) is 2.35. The number of ether oxygens (including phenoxy) is 2. The number of carbonyl (C=O) groups is 1. The molecule has 0 heterocycles. The first kappa shape index (κ1) is 17.3. The van der Waals surface area contributed by atoms with Crippen LogP contribution in [0.15, 0.2) is 53.0 Å². The molecule has 2 rings (SSSR count). The molecule has 120 valence electrons. The molecule has 2 aromatic rings. The molecule has 0 saturated carbocycles. The van der Waals surface area contributed by atoms with E-state index in [1.54, 1.807) is 13.0 Å². The molecule has 2 aromatic carbocycles. The molecule has 0 spiro atoms. The van der Waals surface area contributed by atoms with Crippen LogP contribution in [0, 0.1) is 6.92 Å². The van der Waals surface area contributed by atoms with Gasteiger partial charge in [-0.1, -0.05) is 45.8 Å². The Morgan fingerprint density at radius 3 is 2.61 bits per heavy atom. The molecular formula is C19H19BrO3. The Balaban J connectivity index is 2.11. The molecule has 23 heavy (non-hydrogen) atoms. The molecule has 3 nitrogen and oxygen atoms in total. The lowest BCUT2D eigenvalue weighted by Crippen LogP contribution is -1.99. The number of benzene rings is 2. The van der Waals surface area contributed by atoms with Crippen molar-refractivity contribution in [2.75, 3.05) is 6.61 Å². The molecule has 0 unspecified atom stereocenters. The van der Waals surface area contributed by atoms with Gasteiger partial charge in [-0.15, -0.1) is 0 Å². The van der Waals surface area contributed by atoms with Crippen molar-refractivity contribution < 1.29 is 14.3 Å². The molecule has 0 aliphatic rings. The number of rotatable bonds is 6. The first-order valence-corrected chi connectivity index (χ1v) is 8.20. The third-order valence-corrected chi connectivity index (χ3v) is 3.67. The summed E-state index contributed by atoms with van der Waals surface area (Å²) >= 11 is 3.43. The SMILES string of the molecule is CCOC(=O)/C=C/c1cc(Br)ccc1OCc1ccc(C)cc1. The van der Waals surface area contributed by atoms with Gasteiger partial charge in [0.1, 0.15) is 12.4 Å². The molecule has 0 amide bonds. The second kappa shape index (κ2) is 8.53. The Morgan fingerprint density at radius 1 is 1.17 bits per heavy atom. The average Bonchev–Trinajstić information content (AvgIpc) is 2.54. The topological polar surface area (TPSA) is 35.5 Å². The highest BCUT2D eigenvalue weighted by atomic mass is 79.9. The number of aryl methyl sites for hydroxylation is 1. The van der Waals surface area contributed by atoms with Crippen molar-refractivity contribution in [3.05, 3.63) is 69.7 Å². The van der Waals surface area contributed by atoms with Crippen LogP contribution in [0.5, 0.6) is 5.75 Å². The third-order valence-electron chi connectivity index (χ3n) is 3.17. The quantitative estimate of drug-likeness (QED) is 0.532. The second-order valence-corrected chi connectivity index (χ2v) is 5.96. The van der Waals surface area contributed by atoms with Crippen LogP contribution in [-0.2, 0) is 16.1 Å². The predicted octanol–water partition coefficient (Wildman–Crippen LogP) is 4.91. The Kier molecular flexibility index (Phi) is 6.41. The molecule has 0 fully saturated rings. The maximum Gasteiger partial charge on any atom is 0.330 e. The number of halogens is 1. The first-order chi connectivity index (χ1) is 11.1. The molecular weight excluding hydrogens is 356 g/mol. The summed E-state index contributed by atoms with van der Waals surface area (Å²) in [6.07, 6.45) is 3.11. The van der Waals surface area contributed by atoms with Crippen LogP contribution < -0.4 is 4.74 Å². The lowest BCUT2D eigenvalue weighted by Gasteiger charge is -2.10. The van der Waals surface area contributed by atoms with Gasteiger partial charge in [0, 0.05) is 16.1 Å². The van der Waals surface area contributed by atoms with Crippen LogP contribution in [0.1, 0.15) is 23.6 Å². The Hall–Kier alpha value is -2.07. The van der Waals surface area contributed by atoms with Crippen LogP contribution in [0.3, 0.4) is 0 Å². The molecule has 0 atom stereocenters. The minimum atomic E-state index is -0.364. The fourth-order valence-electron chi connectivity index (χ4n) is 1.97. The van der Waals surface area contributed by atoms with Gasteiger partial charge < -0.3 is 9.47 Å². The van der Waals surface area contributed by atoms with Crippen LogP contribution in [0.2, 0.25) is 0 Å². The molecule has 0 radical (unpaired) electrons. The zero-order chi connectivity index (χ0) is 16.7. The van der Waals surface area contributed by atoms with Crippen LogP contribution in [-0.4, -0.2) is 12.6 Å². The van der Waals surface area contributed by atoms with Crippen molar-refractivity contribution in [2.24, 2.45) is 0 Å². The molecule has 0 aliphatic heterocycles. The van der Waals surface area contributed by atoms with E-state index in [-0.39, 0.29) is 5.97 Å². The van der Waals surface area contributed by atoms with E-state index in [1.807, 2.05) is 30.3 Å². The molecule has 0 N–H and O–H groups in total. The molecule has 0 aliphatic carbocycles. The number of hydrogen-bond donors (Lipinski definition) is 0. The van der Waals surface area contributed by atoms with Gasteiger partial charge in [0.15, 0.2) is 0 Å². The van der Waals surface area contributed by atoms with Crippen LogP contribution in [0.4, 0.5) is 0 Å². The first-order valence-electron chi connectivity index (χ1n) is 7.41. The minimum Gasteiger partial charge on any atom is -0.488 e. The van der Waals surface area contributed by atoms with E-state index >= 15 is 0 Å². The van der Waals surface area contributed by atoms with Crippen molar-refractivity contribution in [3.63, 3.8) is 0 Å². The minimum absolute atomic E-state index is 0.360. The molecule has 0 aromatic heterocycles. The highest BCUT2D eigenvalue weighted by molar-refractivity contribution is 9.10. The van der Waals surface area contributed by atoms with E-state index in [2.05, 4.69) is 35.0 Å². The van der Waals surface area contributed by atoms with E-state index in [4.69, 9.17) is 9.47 Å². The Morgan fingerprint density at radius 2 is 1.91 bits per heavy atom. The normalized spacial score (nSPS) is 10.7. The largest absolute Gasteiger partial charge is 0.488 e. The fraction of sp³-hybridized carbons (Fsp3) is 0.211. The van der Waals surface area contributed by atoms with Gasteiger partial charge in [0.2, 0.25) is 0 Å². The zero-order valence-electron chi connectivity index (χ0n) is 13.2. The van der Waals surface area contributed by atoms with E-state index in [0.29, 0.717) is 19.0 Å². The summed E-state index contributed by atoms with van der Waals surface area (Å²) in [6, 6.07) is 13.9. The van der Waals surface area contributed by atoms with Gasteiger partial charge in [-0.05, 0) is 43.7 Å². The zero-order valence-corrected chi connectivity index (χ0v) is 14.8. The Labute approximate surface area is 145 Å². The number of esters is 1. The highest BCUT2D eigenvalue weighted by Gasteiger charge is 2.04. The third kappa shape index (κ3) is 5.57. The Bertz CT molecular complexity index is 690. The van der Waals surface area contributed by atoms with Crippen molar-refractivity contribution >= 4 is 28.0 Å². The summed E-state index contributed by atoms with van der Waals surface area (Å²) in [5.74, 6) is 0.353. The molecule has 4 heteroatoms. The van der Waals surface area contributed by atoms with Gasteiger partial charge in [-0.2, -0.15) is 0 Å². The maximum atomic E-state index is 11.5. The standard InChI is InChI=1S/C19H19BrO3/c1-3-22-19(21)11-8-16-12-17(20)9-10-18(16)23-13-15-6-4-14(2)5-7-15/h4-12H,3,13H2,1-2H3/b11-8+. The van der Waals surface area contributed by atoms with Gasteiger partial charge in [-0.3, -0.25) is 0 Å². The van der Waals surface area contributed by atoms with E-state index in [9.17, 15) is 4.79 Å². The lowest BCUT2D eigenvalue weighted by molar-refractivity contribution is -0.137. The molecule has 0 saturated heterocycles. The summed E-state index contributed by atoms with van der Waals surface area (Å²) in [5, 5.41) is 0. The smallest absolute Gasteiger partial charge is 0.330 e. The predicted molar refractivity (Wildman–Crippen MR) is 95.3 cm³/mol. The van der Waals surface area contributed by atoms with E-state index in [0.717, 1.165) is 15.6 Å². The van der Waals surface area contributed by atoms with Gasteiger partial charge in [-0.25, -0.2) is 4.79 Å². The van der Waals surface area contributed by atoms with Gasteiger partial charge in [0.25, 0.3) is 0 Å². The number of hydrogen-bond acceptors (Lipinski definition) is 3. The lowest BCUT2D eigenvalue weighted by atomic mass is 10.1. The van der Waals surface area contributed by atoms with Crippen molar-refractivity contribution in [2.45, 2.75) is 20.5 Å². The monoisotopic (exact) mass is 374 g/mol. The summed E-state index contributed by atoms with van der Waals surface area (Å²) in [7, 11) is 0. The van der Waals surface area contributed by atoms with Gasteiger partial charge in [0.05, 0.1) is 6.61 Å². The summed E-state index contributed by atoms with van der Waals surface area (Å²) in [6.45, 7) is 4.67. The van der Waals surface area contributed by atoms with E-state index in [1.165, 1.54) is 11.6 Å².